The maximum atomic E-state index is 11.6. The summed E-state index contributed by atoms with van der Waals surface area (Å²) >= 11 is 0.984. The Morgan fingerprint density at radius 3 is 2.69 bits per heavy atom. The molecule has 0 aromatic carbocycles. The molecule has 1 nitrogen and oxygen atoms in total. The number of alkyl halides is 3. The minimum atomic E-state index is -4.24. The Kier molecular flexibility index (Phi) is 3.36. The van der Waals surface area contributed by atoms with Crippen LogP contribution in [0.5, 0.6) is 0 Å². The van der Waals surface area contributed by atoms with E-state index in [9.17, 15) is 13.2 Å². The van der Waals surface area contributed by atoms with Crippen LogP contribution in [-0.4, -0.2) is 11.2 Å². The van der Waals surface area contributed by atoms with Crippen LogP contribution in [0.4, 0.5) is 13.2 Å². The zero-order valence-electron chi connectivity index (χ0n) is 6.45. The average Bonchev–Trinajstić information content (AvgIpc) is 2.04. The van der Waals surface area contributed by atoms with Gasteiger partial charge in [-0.05, 0) is 17.5 Å². The number of pyridine rings is 1. The lowest BCUT2D eigenvalue weighted by Gasteiger charge is -1.97. The van der Waals surface area contributed by atoms with Crippen LogP contribution in [-0.2, 0) is 0 Å². The van der Waals surface area contributed by atoms with Crippen molar-refractivity contribution in [1.29, 1.82) is 0 Å². The molecule has 0 unspecified atom stereocenters. The van der Waals surface area contributed by atoms with Gasteiger partial charge in [0.15, 0.2) is 0 Å². The van der Waals surface area contributed by atoms with Crippen LogP contribution >= 0.6 is 11.8 Å². The SMILES string of the molecule is FC(F)(F)/C=C/Sc1cccnc1. The topological polar surface area (TPSA) is 12.9 Å². The molecule has 0 radical (unpaired) electrons. The molecule has 0 aliphatic carbocycles. The van der Waals surface area contributed by atoms with Gasteiger partial charge in [0.05, 0.1) is 0 Å². The number of thioether (sulfide) groups is 1. The minimum Gasteiger partial charge on any atom is -0.264 e. The molecule has 1 heterocycles. The Morgan fingerprint density at radius 2 is 2.15 bits per heavy atom. The molecule has 5 heteroatoms. The molecule has 0 amide bonds. The summed E-state index contributed by atoms with van der Waals surface area (Å²) in [5.41, 5.74) is 0. The van der Waals surface area contributed by atoms with Crippen molar-refractivity contribution in [1.82, 2.24) is 4.98 Å². The van der Waals surface area contributed by atoms with Crippen LogP contribution in [0.25, 0.3) is 0 Å². The summed E-state index contributed by atoms with van der Waals surface area (Å²) < 4.78 is 34.9. The van der Waals surface area contributed by atoms with E-state index in [0.717, 1.165) is 17.2 Å². The summed E-state index contributed by atoms with van der Waals surface area (Å²) in [6.07, 6.45) is -0.969. The Labute approximate surface area is 77.7 Å². The van der Waals surface area contributed by atoms with Crippen molar-refractivity contribution >= 4 is 11.8 Å². The first-order chi connectivity index (χ1) is 6.08. The number of hydrogen-bond acceptors (Lipinski definition) is 2. The summed E-state index contributed by atoms with van der Waals surface area (Å²) in [6.45, 7) is 0. The highest BCUT2D eigenvalue weighted by Crippen LogP contribution is 2.22. The Balaban J connectivity index is 2.49. The lowest BCUT2D eigenvalue weighted by molar-refractivity contribution is -0.0796. The van der Waals surface area contributed by atoms with E-state index in [1.54, 1.807) is 18.3 Å². The molecule has 1 rings (SSSR count). The van der Waals surface area contributed by atoms with Gasteiger partial charge in [0.2, 0.25) is 0 Å². The molecular weight excluding hydrogens is 199 g/mol. The first kappa shape index (κ1) is 10.1. The predicted molar refractivity (Wildman–Crippen MR) is 45.3 cm³/mol. The summed E-state index contributed by atoms with van der Waals surface area (Å²) in [4.78, 5) is 4.45. The molecule has 70 valence electrons. The van der Waals surface area contributed by atoms with Crippen LogP contribution < -0.4 is 0 Å². The zero-order valence-corrected chi connectivity index (χ0v) is 7.27. The summed E-state index contributed by atoms with van der Waals surface area (Å²) in [6, 6.07) is 3.36. The highest BCUT2D eigenvalue weighted by Gasteiger charge is 2.21. The molecule has 0 atom stereocenters. The lowest BCUT2D eigenvalue weighted by atomic mass is 10.5. The number of rotatable bonds is 2. The highest BCUT2D eigenvalue weighted by atomic mass is 32.2. The third-order valence-electron chi connectivity index (χ3n) is 1.10. The van der Waals surface area contributed by atoms with Crippen molar-refractivity contribution in [2.75, 3.05) is 0 Å². The van der Waals surface area contributed by atoms with Gasteiger partial charge in [-0.2, -0.15) is 13.2 Å². The normalized spacial score (nSPS) is 12.2. The molecular formula is C8H6F3NS. The van der Waals surface area contributed by atoms with E-state index in [1.807, 2.05) is 0 Å². The zero-order chi connectivity index (χ0) is 9.73. The largest absolute Gasteiger partial charge is 0.410 e. The van der Waals surface area contributed by atoms with E-state index in [4.69, 9.17) is 0 Å². The maximum Gasteiger partial charge on any atom is 0.410 e. The van der Waals surface area contributed by atoms with Gasteiger partial charge < -0.3 is 0 Å². The second-order valence-electron chi connectivity index (χ2n) is 2.15. The fraction of sp³-hybridized carbons (Fsp3) is 0.125. The van der Waals surface area contributed by atoms with Gasteiger partial charge in [-0.3, -0.25) is 4.98 Å². The highest BCUT2D eigenvalue weighted by molar-refractivity contribution is 8.02. The van der Waals surface area contributed by atoms with Gasteiger partial charge in [-0.25, -0.2) is 0 Å². The molecule has 0 aliphatic heterocycles. The van der Waals surface area contributed by atoms with E-state index >= 15 is 0 Å². The number of allylic oxidation sites excluding steroid dienone is 1. The summed E-state index contributed by atoms with van der Waals surface area (Å²) in [5.74, 6) is 0. The second-order valence-corrected chi connectivity index (χ2v) is 3.13. The van der Waals surface area contributed by atoms with Crippen molar-refractivity contribution in [2.24, 2.45) is 0 Å². The number of aromatic nitrogens is 1. The van der Waals surface area contributed by atoms with Crippen molar-refractivity contribution in [2.45, 2.75) is 11.1 Å². The standard InChI is InChI=1S/C8H6F3NS/c9-8(10,11)3-5-13-7-2-1-4-12-6-7/h1-6H/b5-3+. The van der Waals surface area contributed by atoms with Gasteiger partial charge in [0, 0.05) is 23.4 Å². The lowest BCUT2D eigenvalue weighted by Crippen LogP contribution is -1.99. The van der Waals surface area contributed by atoms with Crippen LogP contribution in [0.3, 0.4) is 0 Å². The minimum absolute atomic E-state index is 0.199. The third-order valence-corrected chi connectivity index (χ3v) is 1.88. The third kappa shape index (κ3) is 4.57. The van der Waals surface area contributed by atoms with Gasteiger partial charge in [0.25, 0.3) is 0 Å². The van der Waals surface area contributed by atoms with E-state index in [2.05, 4.69) is 4.98 Å². The van der Waals surface area contributed by atoms with Crippen molar-refractivity contribution in [3.8, 4) is 0 Å². The molecule has 1 aromatic rings. The van der Waals surface area contributed by atoms with Gasteiger partial charge in [-0.15, -0.1) is 0 Å². The molecule has 0 fully saturated rings. The predicted octanol–water partition coefficient (Wildman–Crippen LogP) is 3.25. The Bertz CT molecular complexity index is 281. The molecule has 0 aliphatic rings. The van der Waals surface area contributed by atoms with Crippen LogP contribution in [0.15, 0.2) is 40.9 Å². The van der Waals surface area contributed by atoms with Gasteiger partial charge in [-0.1, -0.05) is 11.8 Å². The first-order valence-electron chi connectivity index (χ1n) is 3.39. The summed E-state index contributed by atoms with van der Waals surface area (Å²) in [5, 5.41) is 0.997. The van der Waals surface area contributed by atoms with Gasteiger partial charge >= 0.3 is 6.18 Å². The maximum absolute atomic E-state index is 11.6. The first-order valence-corrected chi connectivity index (χ1v) is 4.27. The van der Waals surface area contributed by atoms with Crippen molar-refractivity contribution in [3.63, 3.8) is 0 Å². The van der Waals surface area contributed by atoms with Crippen LogP contribution in [0, 0.1) is 0 Å². The molecule has 0 saturated carbocycles. The van der Waals surface area contributed by atoms with E-state index in [0.29, 0.717) is 4.90 Å². The van der Waals surface area contributed by atoms with E-state index in [1.165, 1.54) is 6.20 Å². The molecule has 0 spiro atoms. The average molecular weight is 205 g/mol. The molecule has 0 bridgehead atoms. The number of hydrogen-bond donors (Lipinski definition) is 0. The van der Waals surface area contributed by atoms with E-state index < -0.39 is 6.18 Å². The Hall–Kier alpha value is -0.970. The van der Waals surface area contributed by atoms with Crippen molar-refractivity contribution in [3.05, 3.63) is 36.0 Å². The monoisotopic (exact) mass is 205 g/mol. The number of nitrogens with zero attached hydrogens (tertiary/aromatic N) is 1. The van der Waals surface area contributed by atoms with Crippen LogP contribution in [0.1, 0.15) is 0 Å². The fourth-order valence-corrected chi connectivity index (χ4v) is 1.26. The quantitative estimate of drug-likeness (QED) is 0.687. The molecule has 13 heavy (non-hydrogen) atoms. The second kappa shape index (κ2) is 4.32. The van der Waals surface area contributed by atoms with Gasteiger partial charge in [0.1, 0.15) is 0 Å². The Morgan fingerprint density at radius 1 is 1.38 bits per heavy atom. The van der Waals surface area contributed by atoms with Crippen LogP contribution in [0.2, 0.25) is 0 Å². The fourth-order valence-electron chi connectivity index (χ4n) is 0.607. The molecule has 1 aromatic heterocycles. The smallest absolute Gasteiger partial charge is 0.264 e. The van der Waals surface area contributed by atoms with E-state index in [-0.39, 0.29) is 6.08 Å². The van der Waals surface area contributed by atoms with Crippen molar-refractivity contribution < 1.29 is 13.2 Å². The molecule has 0 saturated heterocycles. The molecule has 0 N–H and O–H groups in total. The number of halogens is 3. The summed E-state index contributed by atoms with van der Waals surface area (Å²) in [7, 11) is 0.